The van der Waals surface area contributed by atoms with Crippen molar-refractivity contribution in [1.82, 2.24) is 20.1 Å². The van der Waals surface area contributed by atoms with E-state index >= 15 is 0 Å². The summed E-state index contributed by atoms with van der Waals surface area (Å²) < 4.78 is 1.88. The van der Waals surface area contributed by atoms with Gasteiger partial charge in [-0.2, -0.15) is 5.10 Å². The van der Waals surface area contributed by atoms with Gasteiger partial charge in [-0.3, -0.25) is 4.68 Å². The van der Waals surface area contributed by atoms with Crippen LogP contribution in [0.4, 0.5) is 0 Å². The normalized spacial score (nSPS) is 20.4. The summed E-state index contributed by atoms with van der Waals surface area (Å²) in [5.74, 6) is 0.973. The molecule has 1 aromatic rings. The Labute approximate surface area is 97.5 Å². The van der Waals surface area contributed by atoms with Gasteiger partial charge in [-0.1, -0.05) is 19.3 Å². The lowest BCUT2D eigenvalue weighted by atomic mass is 9.81. The fourth-order valence-electron chi connectivity index (χ4n) is 2.44. The molecule has 2 unspecified atom stereocenters. The van der Waals surface area contributed by atoms with Gasteiger partial charge in [-0.05, 0) is 26.2 Å². The maximum Gasteiger partial charge on any atom is 0.137 e. The van der Waals surface area contributed by atoms with Crippen molar-refractivity contribution in [2.24, 2.45) is 5.92 Å². The standard InChI is InChI=1S/C12H22N4/c1-10(6-12-4-3-5-12)15-11(2)7-16-9-13-8-14-16/h8-12,15H,3-7H2,1-2H3. The van der Waals surface area contributed by atoms with E-state index in [0.717, 1.165) is 12.5 Å². The predicted molar refractivity (Wildman–Crippen MR) is 64.0 cm³/mol. The summed E-state index contributed by atoms with van der Waals surface area (Å²) in [4.78, 5) is 3.95. The SMILES string of the molecule is CC(CC1CCC1)NC(C)Cn1cncn1. The molecular weight excluding hydrogens is 200 g/mol. The molecule has 1 N–H and O–H groups in total. The lowest BCUT2D eigenvalue weighted by Crippen LogP contribution is -2.39. The molecule has 0 amide bonds. The van der Waals surface area contributed by atoms with Crippen molar-refractivity contribution >= 4 is 0 Å². The number of nitrogens with one attached hydrogen (secondary N) is 1. The van der Waals surface area contributed by atoms with Crippen LogP contribution < -0.4 is 5.32 Å². The molecule has 2 atom stereocenters. The first kappa shape index (κ1) is 11.6. The summed E-state index contributed by atoms with van der Waals surface area (Å²) in [6.07, 6.45) is 8.99. The fourth-order valence-corrected chi connectivity index (χ4v) is 2.44. The third-order valence-electron chi connectivity index (χ3n) is 3.41. The third-order valence-corrected chi connectivity index (χ3v) is 3.41. The molecule has 4 nitrogen and oxygen atoms in total. The molecule has 4 heteroatoms. The minimum Gasteiger partial charge on any atom is -0.310 e. The number of nitrogens with zero attached hydrogens (tertiary/aromatic N) is 3. The van der Waals surface area contributed by atoms with Crippen molar-refractivity contribution in [2.75, 3.05) is 0 Å². The van der Waals surface area contributed by atoms with Crippen LogP contribution in [0.15, 0.2) is 12.7 Å². The van der Waals surface area contributed by atoms with Crippen LogP contribution in [0.3, 0.4) is 0 Å². The minimum atomic E-state index is 0.455. The topological polar surface area (TPSA) is 42.7 Å². The van der Waals surface area contributed by atoms with Gasteiger partial charge in [0.15, 0.2) is 0 Å². The van der Waals surface area contributed by atoms with Gasteiger partial charge in [0.2, 0.25) is 0 Å². The van der Waals surface area contributed by atoms with E-state index in [1.807, 2.05) is 4.68 Å². The zero-order valence-corrected chi connectivity index (χ0v) is 10.3. The fraction of sp³-hybridized carbons (Fsp3) is 0.833. The molecular formula is C12H22N4. The van der Waals surface area contributed by atoms with Crippen LogP contribution >= 0.6 is 0 Å². The van der Waals surface area contributed by atoms with E-state index in [0.29, 0.717) is 12.1 Å². The first-order valence-corrected chi connectivity index (χ1v) is 6.32. The van der Waals surface area contributed by atoms with Crippen molar-refractivity contribution in [3.63, 3.8) is 0 Å². The Balaban J connectivity index is 1.67. The minimum absolute atomic E-state index is 0.455. The van der Waals surface area contributed by atoms with E-state index in [1.165, 1.54) is 25.7 Å². The zero-order valence-electron chi connectivity index (χ0n) is 10.3. The highest BCUT2D eigenvalue weighted by molar-refractivity contribution is 4.76. The van der Waals surface area contributed by atoms with Gasteiger partial charge in [0.05, 0.1) is 6.54 Å². The van der Waals surface area contributed by atoms with Crippen LogP contribution in [0.25, 0.3) is 0 Å². The average Bonchev–Trinajstić information content (AvgIpc) is 2.63. The van der Waals surface area contributed by atoms with Crippen molar-refractivity contribution in [3.8, 4) is 0 Å². The highest BCUT2D eigenvalue weighted by Gasteiger charge is 2.20. The Bertz CT molecular complexity index is 292. The Morgan fingerprint density at radius 2 is 2.19 bits per heavy atom. The quantitative estimate of drug-likeness (QED) is 0.798. The molecule has 1 heterocycles. The second kappa shape index (κ2) is 5.43. The number of aromatic nitrogens is 3. The molecule has 1 aromatic heterocycles. The van der Waals surface area contributed by atoms with Gasteiger partial charge in [0.1, 0.15) is 12.7 Å². The monoisotopic (exact) mass is 222 g/mol. The molecule has 1 aliphatic carbocycles. The smallest absolute Gasteiger partial charge is 0.137 e. The van der Waals surface area contributed by atoms with Gasteiger partial charge in [-0.15, -0.1) is 0 Å². The zero-order chi connectivity index (χ0) is 11.4. The van der Waals surface area contributed by atoms with Crippen molar-refractivity contribution in [1.29, 1.82) is 0 Å². The first-order valence-electron chi connectivity index (χ1n) is 6.32. The van der Waals surface area contributed by atoms with Gasteiger partial charge in [0.25, 0.3) is 0 Å². The molecule has 16 heavy (non-hydrogen) atoms. The molecule has 0 bridgehead atoms. The van der Waals surface area contributed by atoms with Crippen LogP contribution in [0.2, 0.25) is 0 Å². The van der Waals surface area contributed by atoms with Gasteiger partial charge in [-0.25, -0.2) is 4.98 Å². The summed E-state index contributed by atoms with van der Waals surface area (Å²) in [5, 5.41) is 7.75. The van der Waals surface area contributed by atoms with Crippen LogP contribution in [0.1, 0.15) is 39.5 Å². The van der Waals surface area contributed by atoms with E-state index < -0.39 is 0 Å². The van der Waals surface area contributed by atoms with Gasteiger partial charge < -0.3 is 5.32 Å². The maximum absolute atomic E-state index is 4.12. The van der Waals surface area contributed by atoms with Crippen LogP contribution in [0.5, 0.6) is 0 Å². The molecule has 1 aliphatic rings. The second-order valence-corrected chi connectivity index (χ2v) is 5.12. The summed E-state index contributed by atoms with van der Waals surface area (Å²) in [6, 6.07) is 1.07. The van der Waals surface area contributed by atoms with Crippen molar-refractivity contribution in [2.45, 2.75) is 58.2 Å². The van der Waals surface area contributed by atoms with Gasteiger partial charge in [0, 0.05) is 12.1 Å². The summed E-state index contributed by atoms with van der Waals surface area (Å²) in [5.41, 5.74) is 0. The largest absolute Gasteiger partial charge is 0.310 e. The lowest BCUT2D eigenvalue weighted by Gasteiger charge is -2.30. The lowest BCUT2D eigenvalue weighted by molar-refractivity contribution is 0.255. The number of rotatable bonds is 6. The highest BCUT2D eigenvalue weighted by Crippen LogP contribution is 2.30. The third kappa shape index (κ3) is 3.30. The molecule has 90 valence electrons. The van der Waals surface area contributed by atoms with Crippen molar-refractivity contribution in [3.05, 3.63) is 12.7 Å². The van der Waals surface area contributed by atoms with E-state index in [-0.39, 0.29) is 0 Å². The van der Waals surface area contributed by atoms with E-state index in [1.54, 1.807) is 12.7 Å². The summed E-state index contributed by atoms with van der Waals surface area (Å²) >= 11 is 0. The molecule has 0 spiro atoms. The average molecular weight is 222 g/mol. The van der Waals surface area contributed by atoms with E-state index in [9.17, 15) is 0 Å². The van der Waals surface area contributed by atoms with Crippen LogP contribution in [-0.4, -0.2) is 26.8 Å². The second-order valence-electron chi connectivity index (χ2n) is 5.12. The van der Waals surface area contributed by atoms with Gasteiger partial charge >= 0.3 is 0 Å². The number of hydrogen-bond acceptors (Lipinski definition) is 3. The van der Waals surface area contributed by atoms with E-state index in [4.69, 9.17) is 0 Å². The van der Waals surface area contributed by atoms with Crippen LogP contribution in [-0.2, 0) is 6.54 Å². The van der Waals surface area contributed by atoms with E-state index in [2.05, 4.69) is 29.2 Å². The molecule has 0 saturated heterocycles. The molecule has 0 aromatic carbocycles. The predicted octanol–water partition coefficient (Wildman–Crippen LogP) is 1.83. The van der Waals surface area contributed by atoms with Crippen molar-refractivity contribution < 1.29 is 0 Å². The molecule has 0 aliphatic heterocycles. The summed E-state index contributed by atoms with van der Waals surface area (Å²) in [6.45, 7) is 5.39. The molecule has 1 fully saturated rings. The molecule has 1 saturated carbocycles. The Morgan fingerprint density at radius 1 is 1.38 bits per heavy atom. The Morgan fingerprint density at radius 3 is 2.75 bits per heavy atom. The Kier molecular flexibility index (Phi) is 3.93. The highest BCUT2D eigenvalue weighted by atomic mass is 15.3. The maximum atomic E-state index is 4.12. The first-order chi connectivity index (χ1) is 7.74. The van der Waals surface area contributed by atoms with Crippen LogP contribution in [0, 0.1) is 5.92 Å². The molecule has 2 rings (SSSR count). The molecule has 0 radical (unpaired) electrons. The Hall–Kier alpha value is -0.900. The number of hydrogen-bond donors (Lipinski definition) is 1. The summed E-state index contributed by atoms with van der Waals surface area (Å²) in [7, 11) is 0.